The van der Waals surface area contributed by atoms with Gasteiger partial charge in [0.25, 0.3) is 0 Å². The molecular formula is C13H21NO2. The molecule has 3 heteroatoms. The first-order valence-corrected chi connectivity index (χ1v) is 5.81. The zero-order valence-electron chi connectivity index (χ0n) is 10.4. The molecule has 90 valence electrons. The fraction of sp³-hybridized carbons (Fsp3) is 0.538. The predicted octanol–water partition coefficient (Wildman–Crippen LogP) is 2.42. The minimum absolute atomic E-state index is 0.262. The highest BCUT2D eigenvalue weighted by Gasteiger charge is 2.01. The molecule has 0 radical (unpaired) electrons. The molecule has 0 unspecified atom stereocenters. The monoisotopic (exact) mass is 223 g/mol. The van der Waals surface area contributed by atoms with E-state index in [9.17, 15) is 5.11 Å². The molecule has 0 aliphatic rings. The van der Waals surface area contributed by atoms with Gasteiger partial charge in [0, 0.05) is 12.6 Å². The van der Waals surface area contributed by atoms with Gasteiger partial charge in [-0.25, -0.2) is 0 Å². The van der Waals surface area contributed by atoms with E-state index in [1.807, 2.05) is 13.0 Å². The minimum Gasteiger partial charge on any atom is -0.508 e. The molecule has 0 spiro atoms. The first kappa shape index (κ1) is 12.8. The van der Waals surface area contributed by atoms with Crippen molar-refractivity contribution in [3.63, 3.8) is 0 Å². The summed E-state index contributed by atoms with van der Waals surface area (Å²) in [6.45, 7) is 9.88. The minimum atomic E-state index is 0.262. The SMILES string of the molecule is CCN(CC)CCOc1cc(C)cc(O)c1. The van der Waals surface area contributed by atoms with Crippen molar-refractivity contribution >= 4 is 0 Å². The van der Waals surface area contributed by atoms with Crippen LogP contribution < -0.4 is 4.74 Å². The third-order valence-corrected chi connectivity index (χ3v) is 2.61. The summed E-state index contributed by atoms with van der Waals surface area (Å²) in [6, 6.07) is 5.30. The molecule has 0 fully saturated rings. The Balaban J connectivity index is 2.42. The molecule has 0 bridgehead atoms. The standard InChI is InChI=1S/C13H21NO2/c1-4-14(5-2)6-7-16-13-9-11(3)8-12(15)10-13/h8-10,15H,4-7H2,1-3H3. The van der Waals surface area contributed by atoms with E-state index >= 15 is 0 Å². The Hall–Kier alpha value is -1.22. The van der Waals surface area contributed by atoms with Crippen LogP contribution in [0.4, 0.5) is 0 Å². The van der Waals surface area contributed by atoms with Gasteiger partial charge in [-0.15, -0.1) is 0 Å². The molecular weight excluding hydrogens is 202 g/mol. The zero-order valence-corrected chi connectivity index (χ0v) is 10.4. The number of phenols is 1. The maximum atomic E-state index is 9.40. The van der Waals surface area contributed by atoms with Gasteiger partial charge in [0.1, 0.15) is 18.1 Å². The maximum absolute atomic E-state index is 9.40. The van der Waals surface area contributed by atoms with Gasteiger partial charge in [0.2, 0.25) is 0 Å². The van der Waals surface area contributed by atoms with Crippen LogP contribution in [-0.4, -0.2) is 36.2 Å². The molecule has 0 atom stereocenters. The van der Waals surface area contributed by atoms with Crippen molar-refractivity contribution in [3.8, 4) is 11.5 Å². The van der Waals surface area contributed by atoms with Crippen LogP contribution in [0, 0.1) is 6.92 Å². The van der Waals surface area contributed by atoms with E-state index in [1.54, 1.807) is 12.1 Å². The second kappa shape index (κ2) is 6.38. The molecule has 1 aromatic carbocycles. The van der Waals surface area contributed by atoms with E-state index in [0.717, 1.165) is 30.9 Å². The molecule has 1 N–H and O–H groups in total. The van der Waals surface area contributed by atoms with E-state index in [1.165, 1.54) is 0 Å². The lowest BCUT2D eigenvalue weighted by Crippen LogP contribution is -2.27. The highest BCUT2D eigenvalue weighted by atomic mass is 16.5. The van der Waals surface area contributed by atoms with Crippen molar-refractivity contribution in [1.82, 2.24) is 4.90 Å². The molecule has 0 aliphatic heterocycles. The molecule has 0 saturated heterocycles. The lowest BCUT2D eigenvalue weighted by atomic mass is 10.2. The molecule has 0 aromatic heterocycles. The number of hydrogen-bond donors (Lipinski definition) is 1. The Bertz CT molecular complexity index is 301. The normalized spacial score (nSPS) is 10.8. The van der Waals surface area contributed by atoms with Gasteiger partial charge in [-0.1, -0.05) is 13.8 Å². The van der Waals surface area contributed by atoms with Crippen LogP contribution in [0.5, 0.6) is 11.5 Å². The van der Waals surface area contributed by atoms with Crippen molar-refractivity contribution in [2.45, 2.75) is 20.8 Å². The van der Waals surface area contributed by atoms with Crippen LogP contribution in [0.15, 0.2) is 18.2 Å². The number of rotatable bonds is 6. The molecule has 0 saturated carbocycles. The number of likely N-dealkylation sites (N-methyl/N-ethyl adjacent to an activating group) is 1. The number of ether oxygens (including phenoxy) is 1. The van der Waals surface area contributed by atoms with E-state index in [2.05, 4.69) is 18.7 Å². The lowest BCUT2D eigenvalue weighted by molar-refractivity contribution is 0.222. The number of benzene rings is 1. The quantitative estimate of drug-likeness (QED) is 0.804. The van der Waals surface area contributed by atoms with Gasteiger partial charge in [-0.2, -0.15) is 0 Å². The third-order valence-electron chi connectivity index (χ3n) is 2.61. The summed E-state index contributed by atoms with van der Waals surface area (Å²) in [4.78, 5) is 2.30. The molecule has 16 heavy (non-hydrogen) atoms. The summed E-state index contributed by atoms with van der Waals surface area (Å²) in [7, 11) is 0. The van der Waals surface area contributed by atoms with Crippen molar-refractivity contribution in [3.05, 3.63) is 23.8 Å². The van der Waals surface area contributed by atoms with Crippen molar-refractivity contribution in [2.24, 2.45) is 0 Å². The average molecular weight is 223 g/mol. The van der Waals surface area contributed by atoms with Gasteiger partial charge in [-0.3, -0.25) is 0 Å². The Morgan fingerprint density at radius 2 is 1.88 bits per heavy atom. The van der Waals surface area contributed by atoms with Gasteiger partial charge in [0.05, 0.1) is 0 Å². The van der Waals surface area contributed by atoms with Gasteiger partial charge in [-0.05, 0) is 37.7 Å². The molecule has 3 nitrogen and oxygen atoms in total. The van der Waals surface area contributed by atoms with Crippen LogP contribution >= 0.6 is 0 Å². The zero-order chi connectivity index (χ0) is 12.0. The van der Waals surface area contributed by atoms with Crippen LogP contribution in [0.2, 0.25) is 0 Å². The molecule has 0 aliphatic carbocycles. The highest BCUT2D eigenvalue weighted by molar-refractivity contribution is 5.36. The highest BCUT2D eigenvalue weighted by Crippen LogP contribution is 2.20. The van der Waals surface area contributed by atoms with E-state index in [4.69, 9.17) is 4.74 Å². The lowest BCUT2D eigenvalue weighted by Gasteiger charge is -2.18. The van der Waals surface area contributed by atoms with Crippen LogP contribution in [-0.2, 0) is 0 Å². The molecule has 0 heterocycles. The van der Waals surface area contributed by atoms with Gasteiger partial charge < -0.3 is 14.7 Å². The van der Waals surface area contributed by atoms with Crippen LogP contribution in [0.1, 0.15) is 19.4 Å². The Morgan fingerprint density at radius 3 is 2.44 bits per heavy atom. The predicted molar refractivity (Wildman–Crippen MR) is 66.1 cm³/mol. The molecule has 0 amide bonds. The van der Waals surface area contributed by atoms with Crippen LogP contribution in [0.3, 0.4) is 0 Å². The first-order valence-electron chi connectivity index (χ1n) is 5.81. The summed E-state index contributed by atoms with van der Waals surface area (Å²) in [5, 5.41) is 9.40. The van der Waals surface area contributed by atoms with E-state index in [0.29, 0.717) is 6.61 Å². The number of phenolic OH excluding ortho intramolecular Hbond substituents is 1. The van der Waals surface area contributed by atoms with Crippen molar-refractivity contribution in [1.29, 1.82) is 0 Å². The van der Waals surface area contributed by atoms with Crippen molar-refractivity contribution < 1.29 is 9.84 Å². The van der Waals surface area contributed by atoms with Crippen LogP contribution in [0.25, 0.3) is 0 Å². The largest absolute Gasteiger partial charge is 0.508 e. The first-order chi connectivity index (χ1) is 7.65. The molecule has 1 aromatic rings. The number of aryl methyl sites for hydroxylation is 1. The van der Waals surface area contributed by atoms with Crippen molar-refractivity contribution in [2.75, 3.05) is 26.2 Å². The van der Waals surface area contributed by atoms with E-state index in [-0.39, 0.29) is 5.75 Å². The Morgan fingerprint density at radius 1 is 1.19 bits per heavy atom. The fourth-order valence-electron chi connectivity index (χ4n) is 1.64. The smallest absolute Gasteiger partial charge is 0.123 e. The Kier molecular flexibility index (Phi) is 5.12. The number of aromatic hydroxyl groups is 1. The topological polar surface area (TPSA) is 32.7 Å². The third kappa shape index (κ3) is 4.11. The second-order valence-electron chi connectivity index (χ2n) is 3.88. The summed E-state index contributed by atoms with van der Waals surface area (Å²) in [5.74, 6) is 1.00. The number of hydrogen-bond acceptors (Lipinski definition) is 3. The second-order valence-corrected chi connectivity index (χ2v) is 3.88. The summed E-state index contributed by atoms with van der Waals surface area (Å²) >= 11 is 0. The summed E-state index contributed by atoms with van der Waals surface area (Å²) in [6.07, 6.45) is 0. The fourth-order valence-corrected chi connectivity index (χ4v) is 1.64. The van der Waals surface area contributed by atoms with Gasteiger partial charge in [0.15, 0.2) is 0 Å². The molecule has 1 rings (SSSR count). The summed E-state index contributed by atoms with van der Waals surface area (Å²) < 4.78 is 5.60. The average Bonchev–Trinajstić information content (AvgIpc) is 2.23. The van der Waals surface area contributed by atoms with Gasteiger partial charge >= 0.3 is 0 Å². The van der Waals surface area contributed by atoms with E-state index < -0.39 is 0 Å². The maximum Gasteiger partial charge on any atom is 0.123 e. The number of nitrogens with zero attached hydrogens (tertiary/aromatic N) is 1. The Labute approximate surface area is 97.7 Å². The summed E-state index contributed by atoms with van der Waals surface area (Å²) in [5.41, 5.74) is 1.01.